The highest BCUT2D eigenvalue weighted by Gasteiger charge is 2.24. The molecule has 7 nitrogen and oxygen atoms in total. The van der Waals surface area contributed by atoms with Gasteiger partial charge >= 0.3 is 0 Å². The molecule has 0 spiro atoms. The Morgan fingerprint density at radius 3 is 2.46 bits per heavy atom. The molecule has 2 N–H and O–H groups in total. The van der Waals surface area contributed by atoms with Crippen LogP contribution in [0, 0.1) is 0 Å². The van der Waals surface area contributed by atoms with E-state index in [1.54, 1.807) is 0 Å². The van der Waals surface area contributed by atoms with Gasteiger partial charge in [-0.15, -0.1) is 0 Å². The fourth-order valence-corrected chi connectivity index (χ4v) is 2.51. The topological polar surface area (TPSA) is 79.9 Å². The minimum atomic E-state index is -0.487. The Kier molecular flexibility index (Phi) is 4.71. The van der Waals surface area contributed by atoms with Crippen molar-refractivity contribution in [2.24, 2.45) is 0 Å². The van der Waals surface area contributed by atoms with Gasteiger partial charge in [-0.05, 0) is 26.2 Å². The van der Waals surface area contributed by atoms with E-state index in [-0.39, 0.29) is 6.10 Å². The number of nitrogens with zero attached hydrogens (tertiary/aromatic N) is 1. The maximum absolute atomic E-state index is 11.7. The van der Waals surface area contributed by atoms with Crippen molar-refractivity contribution in [3.8, 4) is 11.5 Å². The van der Waals surface area contributed by atoms with Crippen molar-refractivity contribution in [1.82, 2.24) is 4.90 Å². The zero-order chi connectivity index (χ0) is 17.1. The van der Waals surface area contributed by atoms with Crippen LogP contribution < -0.4 is 31.0 Å². The van der Waals surface area contributed by atoms with Crippen molar-refractivity contribution in [1.29, 1.82) is 0 Å². The van der Waals surface area contributed by atoms with Crippen LogP contribution >= 0.6 is 0 Å². The summed E-state index contributed by atoms with van der Waals surface area (Å²) < 4.78 is 11.5. The highest BCUT2D eigenvalue weighted by atomic mass is 16.6. The maximum Gasteiger partial charge on any atom is 0.253 e. The lowest BCUT2D eigenvalue weighted by Crippen LogP contribution is -2.42. The van der Waals surface area contributed by atoms with E-state index in [1.165, 1.54) is 0 Å². The molecular weight excluding hydrogens is 310 g/mol. The first-order valence-electron chi connectivity index (χ1n) is 7.90. The molecule has 1 aliphatic rings. The summed E-state index contributed by atoms with van der Waals surface area (Å²) in [6.07, 6.45) is -0.223. The summed E-state index contributed by atoms with van der Waals surface area (Å²) >= 11 is 0. The molecule has 1 unspecified atom stereocenters. The molecule has 128 valence electrons. The number of likely N-dealkylation sites (N-methyl/N-ethyl adjacent to an activating group) is 1. The van der Waals surface area contributed by atoms with Crippen molar-refractivity contribution < 1.29 is 9.47 Å². The smallest absolute Gasteiger partial charge is 0.253 e. The first kappa shape index (κ1) is 16.3. The van der Waals surface area contributed by atoms with E-state index in [0.717, 1.165) is 6.54 Å². The Morgan fingerprint density at radius 2 is 1.75 bits per heavy atom. The molecule has 2 aromatic rings. The van der Waals surface area contributed by atoms with Crippen LogP contribution in [0.25, 0.3) is 0 Å². The lowest BCUT2D eigenvalue weighted by molar-refractivity contribution is 0.0997. The monoisotopic (exact) mass is 331 g/mol. The first-order chi connectivity index (χ1) is 11.6. The van der Waals surface area contributed by atoms with E-state index in [0.29, 0.717) is 42.6 Å². The summed E-state index contributed by atoms with van der Waals surface area (Å²) in [5.41, 5.74) is -0.262. The van der Waals surface area contributed by atoms with Crippen LogP contribution in [-0.2, 0) is 0 Å². The van der Waals surface area contributed by atoms with Crippen molar-refractivity contribution >= 4 is 11.4 Å². The zero-order valence-electron chi connectivity index (χ0n) is 13.8. The molecule has 0 amide bonds. The molecule has 0 aromatic heterocycles. The standard InChI is InChI=1S/C17H21N3O4/c1-20(2)8-7-18-14-15(17(22)16(14)21)19-9-11-10-23-12-5-3-4-6-13(12)24-11/h3-6,11,18-19H,7-10H2,1-2H3. The lowest BCUT2D eigenvalue weighted by Gasteiger charge is -2.27. The number of hydrogen-bond acceptors (Lipinski definition) is 7. The molecule has 0 bridgehead atoms. The number of benzene rings is 1. The van der Waals surface area contributed by atoms with E-state index in [4.69, 9.17) is 9.47 Å². The van der Waals surface area contributed by atoms with Gasteiger partial charge in [-0.2, -0.15) is 0 Å². The second kappa shape index (κ2) is 6.92. The predicted octanol–water partition coefficient (Wildman–Crippen LogP) is 0.508. The number of hydrogen-bond donors (Lipinski definition) is 2. The maximum atomic E-state index is 11.7. The number of para-hydroxylation sites is 2. The normalized spacial score (nSPS) is 16.4. The van der Waals surface area contributed by atoms with E-state index < -0.39 is 10.9 Å². The summed E-state index contributed by atoms with van der Waals surface area (Å²) in [6, 6.07) is 7.45. The van der Waals surface area contributed by atoms with Crippen LogP contribution in [0.2, 0.25) is 0 Å². The molecule has 7 heteroatoms. The Bertz CT molecular complexity index is 780. The Morgan fingerprint density at radius 1 is 1.08 bits per heavy atom. The average molecular weight is 331 g/mol. The van der Waals surface area contributed by atoms with Crippen molar-refractivity contribution in [2.45, 2.75) is 6.10 Å². The van der Waals surface area contributed by atoms with Gasteiger partial charge in [0.2, 0.25) is 0 Å². The minimum Gasteiger partial charge on any atom is -0.486 e. The fraction of sp³-hybridized carbons (Fsp3) is 0.412. The quantitative estimate of drug-likeness (QED) is 0.716. The Labute approximate surface area is 139 Å². The fourth-order valence-electron chi connectivity index (χ4n) is 2.51. The second-order valence-corrected chi connectivity index (χ2v) is 6.02. The van der Waals surface area contributed by atoms with Gasteiger partial charge in [0.05, 0.1) is 6.54 Å². The van der Waals surface area contributed by atoms with Gasteiger partial charge in [-0.3, -0.25) is 9.59 Å². The van der Waals surface area contributed by atoms with Crippen LogP contribution in [0.4, 0.5) is 11.4 Å². The molecule has 1 heterocycles. The van der Waals surface area contributed by atoms with Gasteiger partial charge in [0, 0.05) is 13.1 Å². The molecule has 1 aliphatic heterocycles. The number of rotatable bonds is 7. The van der Waals surface area contributed by atoms with Crippen molar-refractivity contribution in [2.75, 3.05) is 51.0 Å². The third-order valence-electron chi connectivity index (χ3n) is 3.85. The van der Waals surface area contributed by atoms with Gasteiger partial charge in [-0.1, -0.05) is 12.1 Å². The van der Waals surface area contributed by atoms with E-state index in [1.807, 2.05) is 43.3 Å². The SMILES string of the molecule is CN(C)CCNc1c(NCC2COc3ccccc3O2)c(=O)c1=O. The van der Waals surface area contributed by atoms with E-state index in [9.17, 15) is 9.59 Å². The molecule has 1 atom stereocenters. The van der Waals surface area contributed by atoms with Crippen LogP contribution in [0.1, 0.15) is 0 Å². The molecule has 24 heavy (non-hydrogen) atoms. The molecule has 0 fully saturated rings. The van der Waals surface area contributed by atoms with Gasteiger partial charge in [0.25, 0.3) is 10.9 Å². The lowest BCUT2D eigenvalue weighted by atomic mass is 10.1. The van der Waals surface area contributed by atoms with Gasteiger partial charge in [0.1, 0.15) is 24.1 Å². The average Bonchev–Trinajstić information content (AvgIpc) is 2.59. The second-order valence-electron chi connectivity index (χ2n) is 6.02. The third kappa shape index (κ3) is 3.35. The summed E-state index contributed by atoms with van der Waals surface area (Å²) in [6.45, 7) is 2.15. The highest BCUT2D eigenvalue weighted by Crippen LogP contribution is 2.30. The minimum absolute atomic E-state index is 0.223. The van der Waals surface area contributed by atoms with E-state index in [2.05, 4.69) is 10.6 Å². The summed E-state index contributed by atoms with van der Waals surface area (Å²) in [7, 11) is 3.89. The van der Waals surface area contributed by atoms with Crippen LogP contribution in [0.3, 0.4) is 0 Å². The Balaban J connectivity index is 1.57. The van der Waals surface area contributed by atoms with Crippen LogP contribution in [0.15, 0.2) is 33.9 Å². The number of ether oxygens (including phenoxy) is 2. The molecule has 0 saturated carbocycles. The summed E-state index contributed by atoms with van der Waals surface area (Å²) in [5, 5.41) is 6.03. The highest BCUT2D eigenvalue weighted by molar-refractivity contribution is 5.74. The molecule has 0 aliphatic carbocycles. The molecule has 0 radical (unpaired) electrons. The summed E-state index contributed by atoms with van der Waals surface area (Å²) in [5.74, 6) is 1.40. The van der Waals surface area contributed by atoms with Gasteiger partial charge in [0.15, 0.2) is 11.5 Å². The van der Waals surface area contributed by atoms with Crippen LogP contribution in [-0.4, -0.2) is 51.3 Å². The van der Waals surface area contributed by atoms with Crippen molar-refractivity contribution in [3.05, 3.63) is 44.7 Å². The Hall–Kier alpha value is -2.54. The predicted molar refractivity (Wildman–Crippen MR) is 93.2 cm³/mol. The molecule has 2 aromatic carbocycles. The molecule has 3 rings (SSSR count). The summed E-state index contributed by atoms with van der Waals surface area (Å²) in [4.78, 5) is 25.4. The van der Waals surface area contributed by atoms with Crippen molar-refractivity contribution in [3.63, 3.8) is 0 Å². The molecule has 0 saturated heterocycles. The number of nitrogens with one attached hydrogen (secondary N) is 2. The largest absolute Gasteiger partial charge is 0.486 e. The van der Waals surface area contributed by atoms with E-state index >= 15 is 0 Å². The van der Waals surface area contributed by atoms with Gasteiger partial charge < -0.3 is 25.0 Å². The van der Waals surface area contributed by atoms with Gasteiger partial charge in [-0.25, -0.2) is 0 Å². The first-order valence-corrected chi connectivity index (χ1v) is 7.90. The number of anilines is 2. The molecular formula is C17H21N3O4. The van der Waals surface area contributed by atoms with Crippen LogP contribution in [0.5, 0.6) is 11.5 Å². The zero-order valence-corrected chi connectivity index (χ0v) is 13.8. The number of fused-ring (bicyclic) bond motifs is 1. The third-order valence-corrected chi connectivity index (χ3v) is 3.85.